The third-order valence-corrected chi connectivity index (χ3v) is 4.86. The zero-order chi connectivity index (χ0) is 13.9. The highest BCUT2D eigenvalue weighted by molar-refractivity contribution is 7.91. The molecule has 0 amide bonds. The van der Waals surface area contributed by atoms with E-state index >= 15 is 0 Å². The second kappa shape index (κ2) is 5.59. The van der Waals surface area contributed by atoms with Crippen LogP contribution in [0.5, 0.6) is 0 Å². The molecule has 2 N–H and O–H groups in total. The summed E-state index contributed by atoms with van der Waals surface area (Å²) in [5.41, 5.74) is 6.84. The molecule has 0 fully saturated rings. The molecule has 0 aliphatic heterocycles. The van der Waals surface area contributed by atoms with E-state index in [-0.39, 0.29) is 15.7 Å². The zero-order valence-corrected chi connectivity index (χ0v) is 11.7. The molecule has 0 aliphatic rings. The van der Waals surface area contributed by atoms with Crippen molar-refractivity contribution >= 4 is 27.1 Å². The van der Waals surface area contributed by atoms with Crippen molar-refractivity contribution in [1.82, 2.24) is 4.98 Å². The van der Waals surface area contributed by atoms with Gasteiger partial charge in [-0.25, -0.2) is 8.42 Å². The monoisotopic (exact) mass is 296 g/mol. The molecule has 0 bridgehead atoms. The summed E-state index contributed by atoms with van der Waals surface area (Å²) >= 11 is 5.92. The van der Waals surface area contributed by atoms with Gasteiger partial charge in [-0.15, -0.1) is 0 Å². The molecule has 0 aliphatic carbocycles. The molecule has 100 valence electrons. The number of pyridine rings is 1. The van der Waals surface area contributed by atoms with Crippen molar-refractivity contribution in [3.05, 3.63) is 53.3 Å². The van der Waals surface area contributed by atoms with Gasteiger partial charge in [0.05, 0.1) is 15.7 Å². The van der Waals surface area contributed by atoms with Crippen molar-refractivity contribution in [2.75, 3.05) is 11.5 Å². The summed E-state index contributed by atoms with van der Waals surface area (Å²) in [6.45, 7) is 0. The van der Waals surface area contributed by atoms with Crippen molar-refractivity contribution in [2.45, 2.75) is 11.3 Å². The minimum atomic E-state index is -3.45. The van der Waals surface area contributed by atoms with Crippen molar-refractivity contribution in [2.24, 2.45) is 0 Å². The van der Waals surface area contributed by atoms with Crippen LogP contribution >= 0.6 is 11.6 Å². The molecule has 0 unspecified atom stereocenters. The predicted molar refractivity (Wildman–Crippen MR) is 75.9 cm³/mol. The molecule has 0 spiro atoms. The number of benzene rings is 1. The highest BCUT2D eigenvalue weighted by atomic mass is 35.5. The van der Waals surface area contributed by atoms with E-state index in [9.17, 15) is 8.42 Å². The van der Waals surface area contributed by atoms with Gasteiger partial charge in [-0.1, -0.05) is 17.7 Å². The first kappa shape index (κ1) is 13.8. The maximum atomic E-state index is 12.2. The molecule has 6 heteroatoms. The summed E-state index contributed by atoms with van der Waals surface area (Å²) < 4.78 is 24.4. The molecule has 1 heterocycles. The summed E-state index contributed by atoms with van der Waals surface area (Å²) in [6, 6.07) is 8.07. The molecule has 1 aromatic heterocycles. The van der Waals surface area contributed by atoms with Gasteiger partial charge >= 0.3 is 0 Å². The first-order valence-electron chi connectivity index (χ1n) is 5.66. The van der Waals surface area contributed by atoms with Crippen molar-refractivity contribution in [3.8, 4) is 0 Å². The number of nitrogens with two attached hydrogens (primary N) is 1. The lowest BCUT2D eigenvalue weighted by molar-refractivity contribution is 0.595. The molecule has 2 aromatic rings. The van der Waals surface area contributed by atoms with E-state index in [0.717, 1.165) is 5.56 Å². The fourth-order valence-electron chi connectivity index (χ4n) is 1.67. The van der Waals surface area contributed by atoms with Crippen LogP contribution in [0.25, 0.3) is 0 Å². The molecular weight excluding hydrogens is 284 g/mol. The van der Waals surface area contributed by atoms with Crippen LogP contribution in [0.2, 0.25) is 5.02 Å². The second-order valence-corrected chi connectivity index (χ2v) is 6.60. The molecule has 0 radical (unpaired) electrons. The lowest BCUT2D eigenvalue weighted by atomic mass is 10.2. The SMILES string of the molecule is Nc1ccc(Cl)c(S(=O)(=O)CCc2cccnc2)c1. The van der Waals surface area contributed by atoms with Gasteiger partial charge < -0.3 is 5.73 Å². The largest absolute Gasteiger partial charge is 0.399 e. The van der Waals surface area contributed by atoms with Gasteiger partial charge in [0.2, 0.25) is 0 Å². The zero-order valence-electron chi connectivity index (χ0n) is 10.1. The average molecular weight is 297 g/mol. The molecule has 4 nitrogen and oxygen atoms in total. The molecule has 0 saturated carbocycles. The van der Waals surface area contributed by atoms with E-state index in [2.05, 4.69) is 4.98 Å². The molecule has 0 saturated heterocycles. The van der Waals surface area contributed by atoms with Crippen LogP contribution in [0.4, 0.5) is 5.69 Å². The molecule has 19 heavy (non-hydrogen) atoms. The van der Waals surface area contributed by atoms with Gasteiger partial charge in [-0.05, 0) is 36.2 Å². The van der Waals surface area contributed by atoms with Gasteiger partial charge in [-0.3, -0.25) is 4.98 Å². The highest BCUT2D eigenvalue weighted by Crippen LogP contribution is 2.25. The van der Waals surface area contributed by atoms with Gasteiger partial charge in [0.1, 0.15) is 0 Å². The van der Waals surface area contributed by atoms with Crippen LogP contribution in [0.3, 0.4) is 0 Å². The van der Waals surface area contributed by atoms with E-state index in [4.69, 9.17) is 17.3 Å². The lowest BCUT2D eigenvalue weighted by Gasteiger charge is -2.07. The van der Waals surface area contributed by atoms with Gasteiger partial charge in [-0.2, -0.15) is 0 Å². The summed E-state index contributed by atoms with van der Waals surface area (Å²) in [4.78, 5) is 4.03. The van der Waals surface area contributed by atoms with Gasteiger partial charge in [0.15, 0.2) is 9.84 Å². The van der Waals surface area contributed by atoms with Crippen LogP contribution in [-0.2, 0) is 16.3 Å². The van der Waals surface area contributed by atoms with Gasteiger partial charge in [0.25, 0.3) is 0 Å². The van der Waals surface area contributed by atoms with E-state index in [1.165, 1.54) is 12.1 Å². The Labute approximate surface area is 117 Å². The molecular formula is C13H13ClN2O2S. The van der Waals surface area contributed by atoms with E-state index in [1.54, 1.807) is 24.5 Å². The topological polar surface area (TPSA) is 73.1 Å². The Balaban J connectivity index is 2.21. The molecule has 0 atom stereocenters. The number of rotatable bonds is 4. The van der Waals surface area contributed by atoms with Crippen molar-refractivity contribution in [1.29, 1.82) is 0 Å². The quantitative estimate of drug-likeness (QED) is 0.879. The Morgan fingerprint density at radius 2 is 2.05 bits per heavy atom. The maximum Gasteiger partial charge on any atom is 0.180 e. The second-order valence-electron chi connectivity index (χ2n) is 4.12. The maximum absolute atomic E-state index is 12.2. The number of hydrogen-bond donors (Lipinski definition) is 1. The first-order chi connectivity index (χ1) is 8.99. The Bertz CT molecular complexity index is 672. The Morgan fingerprint density at radius 1 is 1.26 bits per heavy atom. The fraction of sp³-hybridized carbons (Fsp3) is 0.154. The number of nitrogen functional groups attached to an aromatic ring is 1. The van der Waals surface area contributed by atoms with Gasteiger partial charge in [0, 0.05) is 18.1 Å². The number of halogens is 1. The lowest BCUT2D eigenvalue weighted by Crippen LogP contribution is -2.10. The minimum Gasteiger partial charge on any atom is -0.399 e. The first-order valence-corrected chi connectivity index (χ1v) is 7.69. The number of sulfone groups is 1. The standard InChI is InChI=1S/C13H13ClN2O2S/c14-12-4-3-11(15)8-13(12)19(17,18)7-5-10-2-1-6-16-9-10/h1-4,6,8-9H,5,7,15H2. The molecule has 2 rings (SSSR count). The number of aromatic nitrogens is 1. The van der Waals surface area contributed by atoms with Crippen molar-refractivity contribution < 1.29 is 8.42 Å². The summed E-state index contributed by atoms with van der Waals surface area (Å²) in [6.07, 6.45) is 3.69. The number of anilines is 1. The van der Waals surface area contributed by atoms with Crippen LogP contribution in [0.1, 0.15) is 5.56 Å². The minimum absolute atomic E-state index is 0.0259. The van der Waals surface area contributed by atoms with E-state index < -0.39 is 9.84 Å². The van der Waals surface area contributed by atoms with Crippen LogP contribution in [-0.4, -0.2) is 19.2 Å². The van der Waals surface area contributed by atoms with E-state index in [1.807, 2.05) is 6.07 Å². The van der Waals surface area contributed by atoms with Crippen LogP contribution in [0, 0.1) is 0 Å². The number of nitrogens with zero attached hydrogens (tertiary/aromatic N) is 1. The van der Waals surface area contributed by atoms with Crippen LogP contribution in [0.15, 0.2) is 47.6 Å². The van der Waals surface area contributed by atoms with Crippen molar-refractivity contribution in [3.63, 3.8) is 0 Å². The average Bonchev–Trinajstić information content (AvgIpc) is 2.40. The predicted octanol–water partition coefficient (Wildman–Crippen LogP) is 2.33. The summed E-state index contributed by atoms with van der Waals surface area (Å²) in [5.74, 6) is -0.0259. The van der Waals surface area contributed by atoms with E-state index in [0.29, 0.717) is 12.1 Å². The number of aryl methyl sites for hydroxylation is 1. The Hall–Kier alpha value is -1.59. The summed E-state index contributed by atoms with van der Waals surface area (Å²) in [7, 11) is -3.45. The third-order valence-electron chi connectivity index (χ3n) is 2.67. The Kier molecular flexibility index (Phi) is 4.07. The normalized spacial score (nSPS) is 11.4. The third kappa shape index (κ3) is 3.45. The Morgan fingerprint density at radius 3 is 2.74 bits per heavy atom. The van der Waals surface area contributed by atoms with Crippen LogP contribution < -0.4 is 5.73 Å². The highest BCUT2D eigenvalue weighted by Gasteiger charge is 2.18. The summed E-state index contributed by atoms with van der Waals surface area (Å²) in [5, 5.41) is 0.195. The smallest absolute Gasteiger partial charge is 0.180 e. The number of hydrogen-bond acceptors (Lipinski definition) is 4. The fourth-order valence-corrected chi connectivity index (χ4v) is 3.54. The molecule has 1 aromatic carbocycles.